The third-order valence-corrected chi connectivity index (χ3v) is 3.44. The average Bonchev–Trinajstić information content (AvgIpc) is 2.43. The van der Waals surface area contributed by atoms with Crippen molar-refractivity contribution in [3.63, 3.8) is 0 Å². The number of likely N-dealkylation sites (N-methyl/N-ethyl adjacent to an activating group) is 1. The summed E-state index contributed by atoms with van der Waals surface area (Å²) in [6, 6.07) is 5.48. The first-order valence-electron chi connectivity index (χ1n) is 7.29. The molecule has 0 spiro atoms. The predicted molar refractivity (Wildman–Crippen MR) is 83.6 cm³/mol. The van der Waals surface area contributed by atoms with Crippen molar-refractivity contribution in [3.8, 4) is 11.5 Å². The van der Waals surface area contributed by atoms with Crippen LogP contribution in [-0.4, -0.2) is 42.2 Å². The molecule has 0 aliphatic heterocycles. The SMILES string of the molecule is CCN(CC(=O)NC(C)C)C(C)c1ccc(O)c(OC)c1. The lowest BCUT2D eigenvalue weighted by Gasteiger charge is -2.28. The maximum Gasteiger partial charge on any atom is 0.234 e. The molecule has 118 valence electrons. The molecule has 0 radical (unpaired) electrons. The zero-order valence-corrected chi connectivity index (χ0v) is 13.5. The van der Waals surface area contributed by atoms with Gasteiger partial charge in [-0.15, -0.1) is 0 Å². The van der Waals surface area contributed by atoms with E-state index in [1.54, 1.807) is 6.07 Å². The molecule has 0 bridgehead atoms. The fourth-order valence-electron chi connectivity index (χ4n) is 2.24. The van der Waals surface area contributed by atoms with Crippen molar-refractivity contribution in [1.82, 2.24) is 10.2 Å². The van der Waals surface area contributed by atoms with Crippen molar-refractivity contribution in [2.45, 2.75) is 39.8 Å². The van der Waals surface area contributed by atoms with E-state index in [-0.39, 0.29) is 23.7 Å². The van der Waals surface area contributed by atoms with Gasteiger partial charge in [0.25, 0.3) is 0 Å². The number of benzene rings is 1. The van der Waals surface area contributed by atoms with Crippen molar-refractivity contribution < 1.29 is 14.6 Å². The molecule has 0 saturated heterocycles. The van der Waals surface area contributed by atoms with Gasteiger partial charge < -0.3 is 15.2 Å². The second kappa shape index (κ2) is 7.88. The number of rotatable bonds is 7. The molecule has 1 rings (SSSR count). The minimum absolute atomic E-state index is 0.0180. The fourth-order valence-corrected chi connectivity index (χ4v) is 2.24. The highest BCUT2D eigenvalue weighted by molar-refractivity contribution is 5.78. The first-order valence-corrected chi connectivity index (χ1v) is 7.29. The van der Waals surface area contributed by atoms with Gasteiger partial charge in [-0.25, -0.2) is 0 Å². The van der Waals surface area contributed by atoms with Crippen LogP contribution in [0.1, 0.15) is 39.3 Å². The Hall–Kier alpha value is -1.75. The molecule has 0 aromatic heterocycles. The van der Waals surface area contributed by atoms with Crippen LogP contribution in [0.25, 0.3) is 0 Å². The number of hydrogen-bond donors (Lipinski definition) is 2. The van der Waals surface area contributed by atoms with Gasteiger partial charge in [0.1, 0.15) is 0 Å². The van der Waals surface area contributed by atoms with Crippen molar-refractivity contribution in [2.75, 3.05) is 20.2 Å². The number of ether oxygens (including phenoxy) is 1. The zero-order chi connectivity index (χ0) is 16.0. The van der Waals surface area contributed by atoms with E-state index in [0.717, 1.165) is 12.1 Å². The number of carbonyl (C=O) groups excluding carboxylic acids is 1. The summed E-state index contributed by atoms with van der Waals surface area (Å²) >= 11 is 0. The molecule has 0 heterocycles. The van der Waals surface area contributed by atoms with Crippen LogP contribution in [0.3, 0.4) is 0 Å². The molecule has 0 saturated carbocycles. The van der Waals surface area contributed by atoms with Gasteiger partial charge in [0, 0.05) is 12.1 Å². The molecule has 5 heteroatoms. The fraction of sp³-hybridized carbons (Fsp3) is 0.562. The summed E-state index contributed by atoms with van der Waals surface area (Å²) in [5.41, 5.74) is 1.00. The Morgan fingerprint density at radius 2 is 2.05 bits per heavy atom. The molecular weight excluding hydrogens is 268 g/mol. The number of carbonyl (C=O) groups is 1. The van der Waals surface area contributed by atoms with Gasteiger partial charge in [0.15, 0.2) is 11.5 Å². The molecule has 1 atom stereocenters. The van der Waals surface area contributed by atoms with E-state index in [9.17, 15) is 9.90 Å². The van der Waals surface area contributed by atoms with Crippen LogP contribution in [0.4, 0.5) is 0 Å². The van der Waals surface area contributed by atoms with Gasteiger partial charge in [0.2, 0.25) is 5.91 Å². The van der Waals surface area contributed by atoms with E-state index in [2.05, 4.69) is 10.2 Å². The molecule has 1 aromatic carbocycles. The number of nitrogens with zero attached hydrogens (tertiary/aromatic N) is 1. The van der Waals surface area contributed by atoms with Gasteiger partial charge >= 0.3 is 0 Å². The lowest BCUT2D eigenvalue weighted by atomic mass is 10.1. The van der Waals surface area contributed by atoms with Gasteiger partial charge in [-0.1, -0.05) is 13.0 Å². The predicted octanol–water partition coefficient (Wildman–Crippen LogP) is 2.31. The van der Waals surface area contributed by atoms with E-state index < -0.39 is 0 Å². The Bertz CT molecular complexity index is 475. The van der Waals surface area contributed by atoms with E-state index in [0.29, 0.717) is 12.3 Å². The third kappa shape index (κ3) is 4.93. The molecule has 1 unspecified atom stereocenters. The van der Waals surface area contributed by atoms with Crippen LogP contribution < -0.4 is 10.1 Å². The molecule has 0 aliphatic rings. The first kappa shape index (κ1) is 17.3. The summed E-state index contributed by atoms with van der Waals surface area (Å²) in [5, 5.41) is 12.6. The van der Waals surface area contributed by atoms with Crippen molar-refractivity contribution >= 4 is 5.91 Å². The van der Waals surface area contributed by atoms with E-state index >= 15 is 0 Å². The summed E-state index contributed by atoms with van der Waals surface area (Å²) in [7, 11) is 1.52. The Morgan fingerprint density at radius 3 is 2.57 bits per heavy atom. The van der Waals surface area contributed by atoms with E-state index in [1.165, 1.54) is 7.11 Å². The molecule has 1 amide bonds. The number of phenols is 1. The minimum Gasteiger partial charge on any atom is -0.504 e. The van der Waals surface area contributed by atoms with Crippen LogP contribution in [0, 0.1) is 0 Å². The smallest absolute Gasteiger partial charge is 0.234 e. The zero-order valence-electron chi connectivity index (χ0n) is 13.5. The second-order valence-corrected chi connectivity index (χ2v) is 5.39. The minimum atomic E-state index is 0.0180. The Labute approximate surface area is 126 Å². The molecule has 1 aromatic rings. The van der Waals surface area contributed by atoms with Gasteiger partial charge in [-0.05, 0) is 45.0 Å². The number of amides is 1. The standard InChI is InChI=1S/C16H26N2O3/c1-6-18(10-16(20)17-11(2)3)12(4)13-7-8-14(19)15(9-13)21-5/h7-9,11-12,19H,6,10H2,1-5H3,(H,17,20). The average molecular weight is 294 g/mol. The Kier molecular flexibility index (Phi) is 6.49. The number of nitrogens with one attached hydrogen (secondary N) is 1. The van der Waals surface area contributed by atoms with Gasteiger partial charge in [-0.2, -0.15) is 0 Å². The lowest BCUT2D eigenvalue weighted by molar-refractivity contribution is -0.123. The molecule has 0 aliphatic carbocycles. The van der Waals surface area contributed by atoms with Gasteiger partial charge in [-0.3, -0.25) is 9.69 Å². The van der Waals surface area contributed by atoms with Crippen molar-refractivity contribution in [3.05, 3.63) is 23.8 Å². The van der Waals surface area contributed by atoms with Crippen molar-refractivity contribution in [2.24, 2.45) is 0 Å². The third-order valence-electron chi connectivity index (χ3n) is 3.44. The molecular formula is C16H26N2O3. The maximum atomic E-state index is 11.9. The molecule has 21 heavy (non-hydrogen) atoms. The summed E-state index contributed by atoms with van der Waals surface area (Å²) < 4.78 is 5.14. The number of methoxy groups -OCH3 is 1. The maximum absolute atomic E-state index is 11.9. The molecule has 5 nitrogen and oxygen atoms in total. The quantitative estimate of drug-likeness (QED) is 0.810. The monoisotopic (exact) mass is 294 g/mol. The number of aromatic hydroxyl groups is 1. The van der Waals surface area contributed by atoms with Crippen molar-refractivity contribution in [1.29, 1.82) is 0 Å². The summed E-state index contributed by atoms with van der Waals surface area (Å²) in [6.45, 7) is 9.06. The first-order chi connectivity index (χ1) is 9.88. The highest BCUT2D eigenvalue weighted by atomic mass is 16.5. The topological polar surface area (TPSA) is 61.8 Å². The largest absolute Gasteiger partial charge is 0.504 e. The number of hydrogen-bond acceptors (Lipinski definition) is 4. The summed E-state index contributed by atoms with van der Waals surface area (Å²) in [6.07, 6.45) is 0. The molecule has 0 fully saturated rings. The molecule has 2 N–H and O–H groups in total. The van der Waals surface area contributed by atoms with Crippen LogP contribution in [0.15, 0.2) is 18.2 Å². The van der Waals surface area contributed by atoms with E-state index in [1.807, 2.05) is 39.8 Å². The number of phenolic OH excluding ortho intramolecular Hbond substituents is 1. The van der Waals surface area contributed by atoms with Crippen LogP contribution in [0.5, 0.6) is 11.5 Å². The van der Waals surface area contributed by atoms with E-state index in [4.69, 9.17) is 4.74 Å². The summed E-state index contributed by atoms with van der Waals surface area (Å²) in [5.74, 6) is 0.584. The van der Waals surface area contributed by atoms with Crippen LogP contribution in [-0.2, 0) is 4.79 Å². The highest BCUT2D eigenvalue weighted by Crippen LogP contribution is 2.30. The van der Waals surface area contributed by atoms with Gasteiger partial charge in [0.05, 0.1) is 13.7 Å². The Balaban J connectivity index is 2.83. The lowest BCUT2D eigenvalue weighted by Crippen LogP contribution is -2.41. The van der Waals surface area contributed by atoms with Crippen LogP contribution in [0.2, 0.25) is 0 Å². The highest BCUT2D eigenvalue weighted by Gasteiger charge is 2.18. The summed E-state index contributed by atoms with van der Waals surface area (Å²) in [4.78, 5) is 14.0. The Morgan fingerprint density at radius 1 is 1.38 bits per heavy atom. The normalized spacial score (nSPS) is 12.5. The van der Waals surface area contributed by atoms with Crippen LogP contribution >= 0.6 is 0 Å². The second-order valence-electron chi connectivity index (χ2n) is 5.39.